The summed E-state index contributed by atoms with van der Waals surface area (Å²) in [6.45, 7) is 1.45. The zero-order valence-corrected chi connectivity index (χ0v) is 13.8. The van der Waals surface area contributed by atoms with Gasteiger partial charge in [-0.25, -0.2) is 0 Å². The number of carbonyl (C=O) groups excluding carboxylic acids is 2. The minimum atomic E-state index is -0.294. The molecule has 2 N–H and O–H groups in total. The minimum Gasteiger partial charge on any atom is -0.348 e. The van der Waals surface area contributed by atoms with Crippen molar-refractivity contribution in [3.63, 3.8) is 0 Å². The van der Waals surface area contributed by atoms with E-state index in [2.05, 4.69) is 26.6 Å². The maximum atomic E-state index is 12.1. The predicted octanol–water partition coefficient (Wildman–Crippen LogP) is 3.72. The average Bonchev–Trinajstić information content (AvgIpc) is 2.94. The van der Waals surface area contributed by atoms with Crippen molar-refractivity contribution >= 4 is 44.8 Å². The van der Waals surface area contributed by atoms with Crippen LogP contribution in [0.15, 0.2) is 46.3 Å². The Labute approximate surface area is 135 Å². The number of nitrogens with one attached hydrogen (secondary N) is 2. The van der Waals surface area contributed by atoms with Crippen molar-refractivity contribution in [3.05, 3.63) is 51.1 Å². The normalized spacial score (nSPS) is 11.7. The van der Waals surface area contributed by atoms with Gasteiger partial charge in [-0.05, 0) is 35.7 Å². The van der Waals surface area contributed by atoms with Gasteiger partial charge in [0.05, 0.1) is 12.5 Å². The highest BCUT2D eigenvalue weighted by Crippen LogP contribution is 2.23. The quantitative estimate of drug-likeness (QED) is 0.846. The maximum absolute atomic E-state index is 12.1. The Morgan fingerprint density at radius 2 is 1.95 bits per heavy atom. The molecule has 0 aliphatic heterocycles. The van der Waals surface area contributed by atoms with E-state index in [-0.39, 0.29) is 24.3 Å². The van der Waals surface area contributed by atoms with Crippen LogP contribution in [-0.2, 0) is 9.59 Å². The molecule has 0 fully saturated rings. The van der Waals surface area contributed by atoms with Crippen LogP contribution in [0, 0.1) is 0 Å². The number of amides is 2. The number of halogens is 1. The van der Waals surface area contributed by atoms with E-state index in [0.29, 0.717) is 0 Å². The number of benzene rings is 1. The second-order valence-electron chi connectivity index (χ2n) is 4.53. The highest BCUT2D eigenvalue weighted by atomic mass is 79.9. The number of hydrogen-bond donors (Lipinski definition) is 2. The Hall–Kier alpha value is -1.66. The molecule has 0 aliphatic rings. The van der Waals surface area contributed by atoms with E-state index in [4.69, 9.17) is 0 Å². The summed E-state index contributed by atoms with van der Waals surface area (Å²) >= 11 is 4.87. The summed E-state index contributed by atoms with van der Waals surface area (Å²) < 4.78 is 0.954. The Balaban J connectivity index is 2.01. The molecule has 21 heavy (non-hydrogen) atoms. The molecule has 0 aliphatic carbocycles. The van der Waals surface area contributed by atoms with Gasteiger partial charge >= 0.3 is 0 Å². The number of carbonyl (C=O) groups is 2. The van der Waals surface area contributed by atoms with E-state index < -0.39 is 0 Å². The number of hydrogen-bond acceptors (Lipinski definition) is 3. The molecule has 2 aromatic rings. The van der Waals surface area contributed by atoms with Crippen LogP contribution in [0.1, 0.15) is 24.3 Å². The summed E-state index contributed by atoms with van der Waals surface area (Å²) in [7, 11) is 0. The monoisotopic (exact) mass is 366 g/mol. The van der Waals surface area contributed by atoms with Crippen molar-refractivity contribution in [2.45, 2.75) is 19.4 Å². The van der Waals surface area contributed by atoms with Crippen LogP contribution in [0.25, 0.3) is 0 Å². The van der Waals surface area contributed by atoms with E-state index in [1.807, 2.05) is 41.8 Å². The Morgan fingerprint density at radius 3 is 2.52 bits per heavy atom. The number of rotatable bonds is 5. The van der Waals surface area contributed by atoms with Gasteiger partial charge in [-0.1, -0.05) is 22.0 Å². The zero-order valence-electron chi connectivity index (χ0n) is 11.4. The van der Waals surface area contributed by atoms with Crippen molar-refractivity contribution in [3.8, 4) is 0 Å². The summed E-state index contributed by atoms with van der Waals surface area (Å²) in [6.07, 6.45) is 0.205. The number of anilines is 1. The molecule has 1 aromatic carbocycles. The van der Waals surface area contributed by atoms with Crippen molar-refractivity contribution in [1.29, 1.82) is 0 Å². The Kier molecular flexibility index (Phi) is 5.52. The van der Waals surface area contributed by atoms with Gasteiger partial charge in [0.25, 0.3) is 0 Å². The highest BCUT2D eigenvalue weighted by Gasteiger charge is 2.18. The lowest BCUT2D eigenvalue weighted by atomic mass is 10.1. The molecular weight excluding hydrogens is 352 g/mol. The predicted molar refractivity (Wildman–Crippen MR) is 88.3 cm³/mol. The summed E-state index contributed by atoms with van der Waals surface area (Å²) in [4.78, 5) is 24.4. The van der Waals surface area contributed by atoms with E-state index >= 15 is 0 Å². The molecular formula is C15H15BrN2O2S. The topological polar surface area (TPSA) is 58.2 Å². The summed E-state index contributed by atoms with van der Waals surface area (Å²) in [6, 6.07) is 10.9. The van der Waals surface area contributed by atoms with Gasteiger partial charge in [-0.2, -0.15) is 0 Å². The molecule has 2 rings (SSSR count). The molecule has 1 aromatic heterocycles. The fraction of sp³-hybridized carbons (Fsp3) is 0.200. The molecule has 6 heteroatoms. The van der Waals surface area contributed by atoms with Gasteiger partial charge in [0, 0.05) is 22.0 Å². The molecule has 0 saturated carbocycles. The first-order valence-corrected chi connectivity index (χ1v) is 8.08. The maximum Gasteiger partial charge on any atom is 0.226 e. The molecule has 4 nitrogen and oxygen atoms in total. The van der Waals surface area contributed by atoms with Crippen LogP contribution in [0.4, 0.5) is 5.69 Å². The Morgan fingerprint density at radius 1 is 1.24 bits per heavy atom. The van der Waals surface area contributed by atoms with Crippen molar-refractivity contribution in [2.24, 2.45) is 0 Å². The van der Waals surface area contributed by atoms with Crippen molar-refractivity contribution in [2.75, 3.05) is 5.32 Å². The second kappa shape index (κ2) is 7.38. The minimum absolute atomic E-state index is 0.135. The summed E-state index contributed by atoms with van der Waals surface area (Å²) in [5, 5.41) is 7.57. The van der Waals surface area contributed by atoms with Crippen molar-refractivity contribution < 1.29 is 9.59 Å². The highest BCUT2D eigenvalue weighted by molar-refractivity contribution is 9.10. The van der Waals surface area contributed by atoms with Crippen LogP contribution in [0.3, 0.4) is 0 Å². The van der Waals surface area contributed by atoms with E-state index in [1.54, 1.807) is 0 Å². The van der Waals surface area contributed by atoms with E-state index in [1.165, 1.54) is 18.3 Å². The molecule has 110 valence electrons. The fourth-order valence-electron chi connectivity index (χ4n) is 1.89. The van der Waals surface area contributed by atoms with Gasteiger partial charge in [0.1, 0.15) is 0 Å². The van der Waals surface area contributed by atoms with Gasteiger partial charge in [-0.15, -0.1) is 11.3 Å². The van der Waals surface area contributed by atoms with E-state index in [9.17, 15) is 9.59 Å². The molecule has 0 saturated heterocycles. The van der Waals surface area contributed by atoms with Crippen molar-refractivity contribution in [1.82, 2.24) is 5.32 Å². The van der Waals surface area contributed by atoms with E-state index in [0.717, 1.165) is 15.0 Å². The summed E-state index contributed by atoms with van der Waals surface area (Å²) in [5.41, 5.74) is 0.732. The molecule has 0 unspecified atom stereocenters. The average molecular weight is 367 g/mol. The lowest BCUT2D eigenvalue weighted by molar-refractivity contribution is -0.120. The second-order valence-corrected chi connectivity index (χ2v) is 6.42. The molecule has 0 radical (unpaired) electrons. The molecule has 0 bridgehead atoms. The molecule has 2 amide bonds. The molecule has 0 spiro atoms. The third-order valence-corrected chi connectivity index (χ3v) is 4.30. The number of thiophene rings is 1. The van der Waals surface area contributed by atoms with Crippen LogP contribution < -0.4 is 10.6 Å². The van der Waals surface area contributed by atoms with Gasteiger partial charge in [0.15, 0.2) is 0 Å². The Bertz CT molecular complexity index is 611. The third kappa shape index (κ3) is 4.99. The van der Waals surface area contributed by atoms with Crippen LogP contribution in [0.5, 0.6) is 0 Å². The summed E-state index contributed by atoms with van der Waals surface area (Å²) in [5.74, 6) is -0.283. The van der Waals surface area contributed by atoms with Crippen LogP contribution in [0.2, 0.25) is 0 Å². The van der Waals surface area contributed by atoms with Crippen LogP contribution >= 0.6 is 27.3 Å². The van der Waals surface area contributed by atoms with Gasteiger partial charge < -0.3 is 10.6 Å². The lowest BCUT2D eigenvalue weighted by Crippen LogP contribution is -2.29. The SMILES string of the molecule is CC(=O)N[C@@H](CC(=O)Nc1ccc(Br)cc1)c1cccs1. The smallest absolute Gasteiger partial charge is 0.226 e. The first-order valence-electron chi connectivity index (χ1n) is 6.40. The van der Waals surface area contributed by atoms with Gasteiger partial charge in [0.2, 0.25) is 11.8 Å². The standard InChI is InChI=1S/C15H15BrN2O2S/c1-10(19)17-13(14-3-2-8-21-14)9-15(20)18-12-6-4-11(16)5-7-12/h2-8,13H,9H2,1H3,(H,17,19)(H,18,20)/t13-/m0/s1. The van der Waals surface area contributed by atoms with Crippen LogP contribution in [-0.4, -0.2) is 11.8 Å². The zero-order chi connectivity index (χ0) is 15.2. The molecule has 1 heterocycles. The third-order valence-electron chi connectivity index (χ3n) is 2.78. The lowest BCUT2D eigenvalue weighted by Gasteiger charge is -2.16. The largest absolute Gasteiger partial charge is 0.348 e. The fourth-order valence-corrected chi connectivity index (χ4v) is 2.93. The molecule has 1 atom stereocenters. The van der Waals surface area contributed by atoms with Gasteiger partial charge in [-0.3, -0.25) is 9.59 Å². The first kappa shape index (κ1) is 15.7. The first-order chi connectivity index (χ1) is 10.0.